The Kier molecular flexibility index (Phi) is 3.27. The van der Waals surface area contributed by atoms with E-state index < -0.39 is 12.0 Å². The lowest BCUT2D eigenvalue weighted by Gasteiger charge is -2.47. The van der Waals surface area contributed by atoms with Crippen LogP contribution in [0, 0.1) is 17.8 Å². The Morgan fingerprint density at radius 1 is 1.11 bits per heavy atom. The number of rotatable bonds is 2. The summed E-state index contributed by atoms with van der Waals surface area (Å²) in [5.74, 6) is 0.401. The van der Waals surface area contributed by atoms with E-state index in [2.05, 4.69) is 6.92 Å². The van der Waals surface area contributed by atoms with E-state index in [0.29, 0.717) is 18.3 Å². The highest BCUT2D eigenvalue weighted by Crippen LogP contribution is 2.44. The van der Waals surface area contributed by atoms with Gasteiger partial charge in [0.05, 0.1) is 0 Å². The highest BCUT2D eigenvalue weighted by atomic mass is 16.4. The molecule has 5 atom stereocenters. The van der Waals surface area contributed by atoms with E-state index in [9.17, 15) is 14.7 Å². The number of carbonyl (C=O) groups is 2. The lowest BCUT2D eigenvalue weighted by Crippen LogP contribution is -2.58. The van der Waals surface area contributed by atoms with Crippen LogP contribution >= 0.6 is 0 Å². The fourth-order valence-electron chi connectivity index (χ4n) is 4.05. The lowest BCUT2D eigenvalue weighted by atomic mass is 9.76. The van der Waals surface area contributed by atoms with Crippen LogP contribution in [0.25, 0.3) is 0 Å². The Balaban J connectivity index is 1.83. The third-order valence-corrected chi connectivity index (χ3v) is 5.34. The van der Waals surface area contributed by atoms with Gasteiger partial charge < -0.3 is 10.0 Å². The number of carbonyl (C=O) groups excluding carboxylic acids is 1. The molecule has 1 aliphatic heterocycles. The minimum absolute atomic E-state index is 0.0996. The van der Waals surface area contributed by atoms with Crippen molar-refractivity contribution in [3.05, 3.63) is 0 Å². The maximum atomic E-state index is 12.6. The zero-order valence-electron chi connectivity index (χ0n) is 11.5. The predicted molar refractivity (Wildman–Crippen MR) is 70.5 cm³/mol. The Morgan fingerprint density at radius 2 is 1.79 bits per heavy atom. The average Bonchev–Trinajstić information content (AvgIpc) is 3.13. The topological polar surface area (TPSA) is 57.6 Å². The first-order chi connectivity index (χ1) is 9.09. The molecule has 1 saturated heterocycles. The van der Waals surface area contributed by atoms with Crippen LogP contribution in [0.1, 0.15) is 51.9 Å². The molecule has 1 N–H and O–H groups in total. The number of hydrogen-bond acceptors (Lipinski definition) is 2. The summed E-state index contributed by atoms with van der Waals surface area (Å²) >= 11 is 0. The summed E-state index contributed by atoms with van der Waals surface area (Å²) in [6.45, 7) is 2.08. The summed E-state index contributed by atoms with van der Waals surface area (Å²) < 4.78 is 0. The number of fused-ring (bicyclic) bond motifs is 1. The number of hydrogen-bond donors (Lipinski definition) is 1. The van der Waals surface area contributed by atoms with Crippen LogP contribution < -0.4 is 0 Å². The number of amides is 1. The summed E-state index contributed by atoms with van der Waals surface area (Å²) in [5, 5.41) is 9.42. The summed E-state index contributed by atoms with van der Waals surface area (Å²) in [4.78, 5) is 25.9. The second-order valence-corrected chi connectivity index (χ2v) is 6.61. The third-order valence-electron chi connectivity index (χ3n) is 5.34. The van der Waals surface area contributed by atoms with E-state index in [1.807, 2.05) is 0 Å². The molecular formula is C15H23NO3. The maximum Gasteiger partial charge on any atom is 0.326 e. The zero-order valence-corrected chi connectivity index (χ0v) is 11.5. The van der Waals surface area contributed by atoms with Gasteiger partial charge in [0, 0.05) is 12.0 Å². The largest absolute Gasteiger partial charge is 0.480 e. The molecule has 106 valence electrons. The van der Waals surface area contributed by atoms with E-state index in [-0.39, 0.29) is 17.9 Å². The van der Waals surface area contributed by atoms with E-state index in [1.54, 1.807) is 4.90 Å². The van der Waals surface area contributed by atoms with Crippen LogP contribution in [0.2, 0.25) is 0 Å². The summed E-state index contributed by atoms with van der Waals surface area (Å²) in [5.41, 5.74) is 0. The summed E-state index contributed by atoms with van der Waals surface area (Å²) in [7, 11) is 0. The molecule has 0 radical (unpaired) electrons. The van der Waals surface area contributed by atoms with Crippen LogP contribution in [0.5, 0.6) is 0 Å². The number of carboxylic acid groups (broad SMARTS) is 1. The second-order valence-electron chi connectivity index (χ2n) is 6.61. The zero-order chi connectivity index (χ0) is 13.6. The average molecular weight is 265 g/mol. The van der Waals surface area contributed by atoms with Crippen LogP contribution in [0.3, 0.4) is 0 Å². The number of nitrogens with zero attached hydrogens (tertiary/aromatic N) is 1. The Labute approximate surface area is 114 Å². The van der Waals surface area contributed by atoms with E-state index in [0.717, 1.165) is 25.7 Å². The molecule has 0 spiro atoms. The molecule has 2 aliphatic carbocycles. The molecule has 0 bridgehead atoms. The van der Waals surface area contributed by atoms with Gasteiger partial charge in [-0.3, -0.25) is 4.79 Å². The fourth-order valence-corrected chi connectivity index (χ4v) is 4.05. The van der Waals surface area contributed by atoms with Gasteiger partial charge in [0.1, 0.15) is 6.04 Å². The number of likely N-dealkylation sites (tertiary alicyclic amines) is 1. The number of aliphatic carboxylic acids is 1. The molecule has 3 fully saturated rings. The van der Waals surface area contributed by atoms with E-state index >= 15 is 0 Å². The molecule has 0 aromatic carbocycles. The van der Waals surface area contributed by atoms with Gasteiger partial charge >= 0.3 is 5.97 Å². The van der Waals surface area contributed by atoms with Gasteiger partial charge in [0.15, 0.2) is 0 Å². The maximum absolute atomic E-state index is 12.6. The molecule has 1 heterocycles. The molecule has 19 heavy (non-hydrogen) atoms. The van der Waals surface area contributed by atoms with Gasteiger partial charge in [-0.25, -0.2) is 4.79 Å². The molecule has 2 saturated carbocycles. The molecule has 1 amide bonds. The molecule has 5 unspecified atom stereocenters. The van der Waals surface area contributed by atoms with Crippen LogP contribution in [-0.4, -0.2) is 34.0 Å². The molecule has 0 aromatic heterocycles. The van der Waals surface area contributed by atoms with Crippen LogP contribution in [-0.2, 0) is 9.59 Å². The normalized spacial score (nSPS) is 41.5. The standard InChI is InChI=1S/C15H23NO3/c1-9-8-11(9)14(17)16-12-5-3-2-4-10(12)6-7-13(16)15(18)19/h9-13H,2-8H2,1H3,(H,18,19). The minimum Gasteiger partial charge on any atom is -0.480 e. The first kappa shape index (κ1) is 12.9. The second kappa shape index (κ2) is 4.80. The number of carboxylic acids is 1. The molecular weight excluding hydrogens is 242 g/mol. The molecule has 0 aromatic rings. The summed E-state index contributed by atoms with van der Waals surface area (Å²) in [6, 6.07) is -0.372. The van der Waals surface area contributed by atoms with Crippen molar-refractivity contribution in [1.29, 1.82) is 0 Å². The summed E-state index contributed by atoms with van der Waals surface area (Å²) in [6.07, 6.45) is 7.11. The molecule has 4 nitrogen and oxygen atoms in total. The molecule has 3 aliphatic rings. The van der Waals surface area contributed by atoms with E-state index in [1.165, 1.54) is 12.8 Å². The monoisotopic (exact) mass is 265 g/mol. The van der Waals surface area contributed by atoms with Crippen molar-refractivity contribution >= 4 is 11.9 Å². The van der Waals surface area contributed by atoms with Gasteiger partial charge in [-0.1, -0.05) is 19.8 Å². The van der Waals surface area contributed by atoms with Crippen molar-refractivity contribution < 1.29 is 14.7 Å². The highest BCUT2D eigenvalue weighted by molar-refractivity contribution is 5.87. The van der Waals surface area contributed by atoms with Crippen molar-refractivity contribution in [2.75, 3.05) is 0 Å². The molecule has 4 heteroatoms. The minimum atomic E-state index is -0.814. The van der Waals surface area contributed by atoms with Crippen molar-refractivity contribution in [2.24, 2.45) is 17.8 Å². The van der Waals surface area contributed by atoms with Crippen molar-refractivity contribution in [3.63, 3.8) is 0 Å². The van der Waals surface area contributed by atoms with Crippen molar-refractivity contribution in [1.82, 2.24) is 4.90 Å². The first-order valence-electron chi connectivity index (χ1n) is 7.64. The lowest BCUT2D eigenvalue weighted by molar-refractivity contribution is -0.159. The smallest absolute Gasteiger partial charge is 0.326 e. The number of piperidine rings is 1. The third kappa shape index (κ3) is 2.26. The van der Waals surface area contributed by atoms with Crippen molar-refractivity contribution in [3.8, 4) is 0 Å². The predicted octanol–water partition coefficient (Wildman–Crippen LogP) is 2.28. The first-order valence-corrected chi connectivity index (χ1v) is 7.64. The Morgan fingerprint density at radius 3 is 2.42 bits per heavy atom. The highest BCUT2D eigenvalue weighted by Gasteiger charge is 2.49. The SMILES string of the molecule is CC1CC1C(=O)N1C(C(=O)O)CCC2CCCCC21. The van der Waals surface area contributed by atoms with Crippen LogP contribution in [0.15, 0.2) is 0 Å². The van der Waals surface area contributed by atoms with Gasteiger partial charge in [-0.2, -0.15) is 0 Å². The Bertz CT molecular complexity index is 395. The van der Waals surface area contributed by atoms with Gasteiger partial charge in [0.2, 0.25) is 5.91 Å². The van der Waals surface area contributed by atoms with Crippen LogP contribution in [0.4, 0.5) is 0 Å². The molecule has 3 rings (SSSR count). The van der Waals surface area contributed by atoms with Gasteiger partial charge in [-0.05, 0) is 43.9 Å². The van der Waals surface area contributed by atoms with Gasteiger partial charge in [-0.15, -0.1) is 0 Å². The Hall–Kier alpha value is -1.06. The quantitative estimate of drug-likeness (QED) is 0.833. The fraction of sp³-hybridized carbons (Fsp3) is 0.867. The van der Waals surface area contributed by atoms with Crippen molar-refractivity contribution in [2.45, 2.75) is 64.0 Å². The van der Waals surface area contributed by atoms with Gasteiger partial charge in [0.25, 0.3) is 0 Å². The van der Waals surface area contributed by atoms with E-state index in [4.69, 9.17) is 0 Å².